The first-order chi connectivity index (χ1) is 13.2. The van der Waals surface area contributed by atoms with Crippen LogP contribution in [0.25, 0.3) is 22.0 Å². The second kappa shape index (κ2) is 7.12. The summed E-state index contributed by atoms with van der Waals surface area (Å²) in [6, 6.07) is 24.7. The van der Waals surface area contributed by atoms with Gasteiger partial charge >= 0.3 is 5.97 Å². The molecule has 0 amide bonds. The van der Waals surface area contributed by atoms with Crippen molar-refractivity contribution in [2.24, 2.45) is 0 Å². The molecule has 3 nitrogen and oxygen atoms in total. The molecule has 0 spiro atoms. The lowest BCUT2D eigenvalue weighted by molar-refractivity contribution is 0.0601. The standard InChI is InChI=1S/C24H21NO2/c1-16-21(22-15-20(24(26)27-2)12-13-23(22)25-16)14-17-8-10-19(11-9-17)18-6-4-3-5-7-18/h3-13,15,25H,14H2,1-2H3. The van der Waals surface area contributed by atoms with Gasteiger partial charge in [0.25, 0.3) is 0 Å². The van der Waals surface area contributed by atoms with Gasteiger partial charge in [0, 0.05) is 16.6 Å². The molecule has 1 aromatic heterocycles. The predicted octanol–water partition coefficient (Wildman–Crippen LogP) is 5.52. The molecule has 4 aromatic rings. The van der Waals surface area contributed by atoms with Crippen molar-refractivity contribution in [1.29, 1.82) is 0 Å². The van der Waals surface area contributed by atoms with Gasteiger partial charge in [0.1, 0.15) is 0 Å². The summed E-state index contributed by atoms with van der Waals surface area (Å²) < 4.78 is 4.86. The van der Waals surface area contributed by atoms with E-state index in [0.29, 0.717) is 5.56 Å². The quantitative estimate of drug-likeness (QED) is 0.490. The molecule has 0 bridgehead atoms. The van der Waals surface area contributed by atoms with Crippen LogP contribution in [-0.4, -0.2) is 18.1 Å². The number of rotatable bonds is 4. The highest BCUT2D eigenvalue weighted by atomic mass is 16.5. The third kappa shape index (κ3) is 3.36. The Morgan fingerprint density at radius 2 is 1.63 bits per heavy atom. The van der Waals surface area contributed by atoms with Crippen molar-refractivity contribution in [2.45, 2.75) is 13.3 Å². The lowest BCUT2D eigenvalue weighted by Gasteiger charge is -2.06. The molecule has 0 aliphatic heterocycles. The van der Waals surface area contributed by atoms with E-state index in [1.165, 1.54) is 29.4 Å². The zero-order chi connectivity index (χ0) is 18.8. The van der Waals surface area contributed by atoms with Crippen LogP contribution in [-0.2, 0) is 11.2 Å². The van der Waals surface area contributed by atoms with Gasteiger partial charge in [0.15, 0.2) is 0 Å². The van der Waals surface area contributed by atoms with E-state index in [1.807, 2.05) is 18.2 Å². The van der Waals surface area contributed by atoms with E-state index in [4.69, 9.17) is 4.74 Å². The number of fused-ring (bicyclic) bond motifs is 1. The molecule has 3 aromatic carbocycles. The molecule has 0 atom stereocenters. The summed E-state index contributed by atoms with van der Waals surface area (Å²) in [7, 11) is 1.41. The Kier molecular flexibility index (Phi) is 4.51. The van der Waals surface area contributed by atoms with Crippen molar-refractivity contribution in [1.82, 2.24) is 4.98 Å². The molecule has 1 heterocycles. The van der Waals surface area contributed by atoms with E-state index < -0.39 is 0 Å². The topological polar surface area (TPSA) is 42.1 Å². The Balaban J connectivity index is 1.66. The minimum absolute atomic E-state index is 0.311. The summed E-state index contributed by atoms with van der Waals surface area (Å²) in [4.78, 5) is 15.3. The van der Waals surface area contributed by atoms with E-state index in [1.54, 1.807) is 6.07 Å². The third-order valence-corrected chi connectivity index (χ3v) is 4.98. The highest BCUT2D eigenvalue weighted by molar-refractivity contribution is 5.96. The smallest absolute Gasteiger partial charge is 0.337 e. The highest BCUT2D eigenvalue weighted by Gasteiger charge is 2.13. The average Bonchev–Trinajstić information content (AvgIpc) is 3.03. The van der Waals surface area contributed by atoms with Crippen LogP contribution in [0.4, 0.5) is 0 Å². The van der Waals surface area contributed by atoms with Crippen LogP contribution in [0, 0.1) is 6.92 Å². The number of carbonyl (C=O) groups is 1. The zero-order valence-electron chi connectivity index (χ0n) is 15.5. The number of hydrogen-bond acceptors (Lipinski definition) is 2. The number of aromatic nitrogens is 1. The van der Waals surface area contributed by atoms with E-state index in [-0.39, 0.29) is 5.97 Å². The molecule has 0 fully saturated rings. The molecule has 0 saturated carbocycles. The van der Waals surface area contributed by atoms with Crippen molar-refractivity contribution < 1.29 is 9.53 Å². The third-order valence-electron chi connectivity index (χ3n) is 4.98. The first-order valence-electron chi connectivity index (χ1n) is 8.99. The molecule has 0 unspecified atom stereocenters. The molecule has 4 rings (SSSR count). The maximum absolute atomic E-state index is 11.9. The Morgan fingerprint density at radius 3 is 2.33 bits per heavy atom. The number of benzene rings is 3. The number of hydrogen-bond donors (Lipinski definition) is 1. The maximum Gasteiger partial charge on any atom is 0.337 e. The molecule has 0 aliphatic rings. The Labute approximate surface area is 158 Å². The molecule has 27 heavy (non-hydrogen) atoms. The molecule has 1 N–H and O–H groups in total. The van der Waals surface area contributed by atoms with Gasteiger partial charge in [-0.3, -0.25) is 0 Å². The summed E-state index contributed by atoms with van der Waals surface area (Å²) in [5, 5.41) is 1.07. The summed E-state index contributed by atoms with van der Waals surface area (Å²) in [5.41, 5.74) is 7.61. The van der Waals surface area contributed by atoms with Crippen LogP contribution in [0.2, 0.25) is 0 Å². The van der Waals surface area contributed by atoms with Crippen LogP contribution in [0.3, 0.4) is 0 Å². The summed E-state index contributed by atoms with van der Waals surface area (Å²) >= 11 is 0. The lowest BCUT2D eigenvalue weighted by atomic mass is 9.98. The van der Waals surface area contributed by atoms with Gasteiger partial charge in [-0.2, -0.15) is 0 Å². The molecular formula is C24H21NO2. The molecule has 0 radical (unpaired) electrons. The first-order valence-corrected chi connectivity index (χ1v) is 8.99. The van der Waals surface area contributed by atoms with Gasteiger partial charge in [-0.05, 0) is 53.8 Å². The normalized spacial score (nSPS) is 10.9. The van der Waals surface area contributed by atoms with Gasteiger partial charge in [-0.25, -0.2) is 4.79 Å². The van der Waals surface area contributed by atoms with Crippen molar-refractivity contribution in [3.8, 4) is 11.1 Å². The fourth-order valence-corrected chi connectivity index (χ4v) is 3.50. The maximum atomic E-state index is 11.9. The van der Waals surface area contributed by atoms with Crippen LogP contribution in [0.5, 0.6) is 0 Å². The van der Waals surface area contributed by atoms with Crippen LogP contribution >= 0.6 is 0 Å². The Bertz CT molecular complexity index is 1090. The van der Waals surface area contributed by atoms with Crippen LogP contribution in [0.15, 0.2) is 72.8 Å². The lowest BCUT2D eigenvalue weighted by Crippen LogP contribution is -2.00. The number of aromatic amines is 1. The minimum Gasteiger partial charge on any atom is -0.465 e. The molecule has 0 saturated heterocycles. The van der Waals surface area contributed by atoms with Crippen molar-refractivity contribution in [2.75, 3.05) is 7.11 Å². The fraction of sp³-hybridized carbons (Fsp3) is 0.125. The van der Waals surface area contributed by atoms with Crippen LogP contribution in [0.1, 0.15) is 27.2 Å². The Hall–Kier alpha value is -3.33. The Morgan fingerprint density at radius 1 is 0.926 bits per heavy atom. The number of esters is 1. The summed E-state index contributed by atoms with van der Waals surface area (Å²) in [5.74, 6) is -0.311. The molecule has 134 valence electrons. The number of aryl methyl sites for hydroxylation is 1. The van der Waals surface area contributed by atoms with E-state index in [2.05, 4.69) is 60.4 Å². The largest absolute Gasteiger partial charge is 0.465 e. The second-order valence-corrected chi connectivity index (χ2v) is 6.72. The van der Waals surface area contributed by atoms with Gasteiger partial charge in [0.05, 0.1) is 12.7 Å². The molecule has 0 aliphatic carbocycles. The number of H-pyrrole nitrogens is 1. The minimum atomic E-state index is -0.311. The average molecular weight is 355 g/mol. The van der Waals surface area contributed by atoms with Gasteiger partial charge in [-0.15, -0.1) is 0 Å². The van der Waals surface area contributed by atoms with E-state index >= 15 is 0 Å². The highest BCUT2D eigenvalue weighted by Crippen LogP contribution is 2.27. The number of nitrogens with one attached hydrogen (secondary N) is 1. The van der Waals surface area contributed by atoms with E-state index in [0.717, 1.165) is 23.0 Å². The van der Waals surface area contributed by atoms with Gasteiger partial charge < -0.3 is 9.72 Å². The predicted molar refractivity (Wildman–Crippen MR) is 109 cm³/mol. The number of carbonyl (C=O) groups excluding carboxylic acids is 1. The molecule has 3 heteroatoms. The van der Waals surface area contributed by atoms with Crippen molar-refractivity contribution >= 4 is 16.9 Å². The SMILES string of the molecule is COC(=O)c1ccc2[nH]c(C)c(Cc3ccc(-c4ccccc4)cc3)c2c1. The second-order valence-electron chi connectivity index (χ2n) is 6.72. The molecular weight excluding hydrogens is 334 g/mol. The monoisotopic (exact) mass is 355 g/mol. The van der Waals surface area contributed by atoms with Crippen molar-refractivity contribution in [3.05, 3.63) is 95.2 Å². The number of methoxy groups -OCH3 is 1. The number of ether oxygens (including phenoxy) is 1. The summed E-state index contributed by atoms with van der Waals surface area (Å²) in [6.07, 6.45) is 0.811. The fourth-order valence-electron chi connectivity index (χ4n) is 3.50. The van der Waals surface area contributed by atoms with Crippen LogP contribution < -0.4 is 0 Å². The summed E-state index contributed by atoms with van der Waals surface area (Å²) in [6.45, 7) is 2.07. The zero-order valence-corrected chi connectivity index (χ0v) is 15.5. The first kappa shape index (κ1) is 17.1. The van der Waals surface area contributed by atoms with Crippen molar-refractivity contribution in [3.63, 3.8) is 0 Å². The van der Waals surface area contributed by atoms with Gasteiger partial charge in [-0.1, -0.05) is 54.6 Å². The van der Waals surface area contributed by atoms with Gasteiger partial charge in [0.2, 0.25) is 0 Å². The van der Waals surface area contributed by atoms with E-state index in [9.17, 15) is 4.79 Å².